The Balaban J connectivity index is 0.00000432. The Morgan fingerprint density at radius 3 is 2.51 bits per heavy atom. The Kier molecular flexibility index (Phi) is 10.1. The molecule has 1 aromatic heterocycles. The van der Waals surface area contributed by atoms with Crippen molar-refractivity contribution in [2.45, 2.75) is 89.3 Å². The molecule has 0 saturated carbocycles. The van der Waals surface area contributed by atoms with Crippen LogP contribution in [0.25, 0.3) is 0 Å². The highest BCUT2D eigenvalue weighted by Crippen LogP contribution is 2.44. The average Bonchev–Trinajstić information content (AvgIpc) is 3.39. The second-order valence-corrected chi connectivity index (χ2v) is 18.4. The topological polar surface area (TPSA) is 47.3 Å². The zero-order chi connectivity index (χ0) is 25.3. The molecule has 1 saturated heterocycles. The number of anilines is 2. The van der Waals surface area contributed by atoms with Crippen LogP contribution in [0.5, 0.6) is 0 Å². The number of hydrogen-bond acceptors (Lipinski definition) is 3. The predicted molar refractivity (Wildman–Crippen MR) is 148 cm³/mol. The van der Waals surface area contributed by atoms with Crippen molar-refractivity contribution in [3.8, 4) is 0 Å². The van der Waals surface area contributed by atoms with E-state index in [1.165, 1.54) is 16.8 Å². The SMILES string of the molecule is CC([Si])C(C)(C)c1cc(N2CCC(OCCCn3cc[n+](C)c3)C2)cc(C(C)[Si](C)(C)C)c1N.[Cl-]. The van der Waals surface area contributed by atoms with Crippen LogP contribution < -0.4 is 27.6 Å². The molecule has 3 unspecified atom stereocenters. The highest BCUT2D eigenvalue weighted by molar-refractivity contribution is 6.77. The summed E-state index contributed by atoms with van der Waals surface area (Å²) in [5.41, 5.74) is 12.5. The van der Waals surface area contributed by atoms with E-state index in [4.69, 9.17) is 10.5 Å². The molecule has 195 valence electrons. The van der Waals surface area contributed by atoms with Crippen molar-refractivity contribution in [3.63, 3.8) is 0 Å². The lowest BCUT2D eigenvalue weighted by molar-refractivity contribution is -0.671. The smallest absolute Gasteiger partial charge is 0.243 e. The summed E-state index contributed by atoms with van der Waals surface area (Å²) in [4.78, 5) is 2.51. The van der Waals surface area contributed by atoms with E-state index in [1.54, 1.807) is 0 Å². The molecule has 1 aromatic carbocycles. The van der Waals surface area contributed by atoms with Crippen molar-refractivity contribution in [1.29, 1.82) is 0 Å². The molecule has 0 aliphatic carbocycles. The molecule has 8 heteroatoms. The number of halogens is 1. The second-order valence-electron chi connectivity index (χ2n) is 11.9. The van der Waals surface area contributed by atoms with Crippen LogP contribution in [-0.4, -0.2) is 48.7 Å². The fourth-order valence-electron chi connectivity index (χ4n) is 4.66. The summed E-state index contributed by atoms with van der Waals surface area (Å²) in [5, 5.41) is 0. The van der Waals surface area contributed by atoms with Crippen molar-refractivity contribution >= 4 is 29.7 Å². The number of rotatable bonds is 10. The van der Waals surface area contributed by atoms with Crippen molar-refractivity contribution < 1.29 is 21.7 Å². The van der Waals surface area contributed by atoms with Crippen LogP contribution in [0.3, 0.4) is 0 Å². The Hall–Kier alpha value is -1.29. The van der Waals surface area contributed by atoms with E-state index in [0.29, 0.717) is 17.2 Å². The monoisotopic (exact) mass is 533 g/mol. The van der Waals surface area contributed by atoms with Crippen LogP contribution in [0.1, 0.15) is 57.2 Å². The van der Waals surface area contributed by atoms with Gasteiger partial charge in [-0.05, 0) is 46.2 Å². The molecule has 1 aliphatic rings. The molecular weight excluding hydrogens is 488 g/mol. The van der Waals surface area contributed by atoms with E-state index >= 15 is 0 Å². The number of aromatic nitrogens is 2. The molecule has 0 bridgehead atoms. The van der Waals surface area contributed by atoms with Gasteiger partial charge >= 0.3 is 0 Å². The van der Waals surface area contributed by atoms with Crippen LogP contribution in [0.4, 0.5) is 11.4 Å². The zero-order valence-corrected chi connectivity index (χ0v) is 25.8. The van der Waals surface area contributed by atoms with Gasteiger partial charge in [-0.2, -0.15) is 0 Å². The molecule has 35 heavy (non-hydrogen) atoms. The first-order valence-electron chi connectivity index (χ1n) is 12.8. The number of imidazole rings is 1. The van der Waals surface area contributed by atoms with Crippen molar-refractivity contribution in [2.75, 3.05) is 30.3 Å². The Morgan fingerprint density at radius 2 is 1.94 bits per heavy atom. The Morgan fingerprint density at radius 1 is 1.26 bits per heavy atom. The van der Waals surface area contributed by atoms with Crippen molar-refractivity contribution in [3.05, 3.63) is 42.0 Å². The van der Waals surface area contributed by atoms with Gasteiger partial charge in [0.1, 0.15) is 12.4 Å². The number of nitrogens with two attached hydrogens (primary N) is 1. The molecule has 0 amide bonds. The van der Waals surface area contributed by atoms with Crippen LogP contribution >= 0.6 is 0 Å². The van der Waals surface area contributed by atoms with Crippen molar-refractivity contribution in [1.82, 2.24) is 4.57 Å². The maximum absolute atomic E-state index is 6.88. The minimum Gasteiger partial charge on any atom is -1.00 e. The van der Waals surface area contributed by atoms with Gasteiger partial charge in [0.2, 0.25) is 6.33 Å². The number of ether oxygens (including phenoxy) is 1. The van der Waals surface area contributed by atoms with Gasteiger partial charge in [0.15, 0.2) is 0 Å². The van der Waals surface area contributed by atoms with E-state index < -0.39 is 8.07 Å². The minimum atomic E-state index is -1.41. The number of nitrogen functional groups attached to an aromatic ring is 1. The molecule has 3 rings (SSSR count). The van der Waals surface area contributed by atoms with Gasteiger partial charge in [-0.3, -0.25) is 0 Å². The number of benzene rings is 1. The van der Waals surface area contributed by atoms with E-state index in [2.05, 4.69) is 110 Å². The second kappa shape index (κ2) is 11.8. The quantitative estimate of drug-likeness (QED) is 0.219. The first-order valence-corrected chi connectivity index (χ1v) is 17.0. The third kappa shape index (κ3) is 7.15. The third-order valence-electron chi connectivity index (χ3n) is 7.99. The van der Waals surface area contributed by atoms with E-state index in [0.717, 1.165) is 44.8 Å². The van der Waals surface area contributed by atoms with E-state index in [9.17, 15) is 0 Å². The molecule has 3 atom stereocenters. The molecule has 1 aliphatic heterocycles. The maximum Gasteiger partial charge on any atom is 0.243 e. The number of hydrogen-bond donors (Lipinski definition) is 1. The van der Waals surface area contributed by atoms with Crippen LogP contribution in [-0.2, 0) is 23.7 Å². The highest BCUT2D eigenvalue weighted by atomic mass is 35.5. The molecule has 2 aromatic rings. The molecule has 5 nitrogen and oxygen atoms in total. The summed E-state index contributed by atoms with van der Waals surface area (Å²) in [6.45, 7) is 20.3. The first kappa shape index (κ1) is 29.9. The van der Waals surface area contributed by atoms with Crippen LogP contribution in [0.2, 0.25) is 25.2 Å². The lowest BCUT2D eigenvalue weighted by Crippen LogP contribution is -3.00. The van der Waals surface area contributed by atoms with Gasteiger partial charge in [0, 0.05) is 41.1 Å². The molecular formula is C27H46ClN4OSi2. The van der Waals surface area contributed by atoms with Gasteiger partial charge in [-0.25, -0.2) is 9.13 Å². The average molecular weight is 534 g/mol. The van der Waals surface area contributed by atoms with Gasteiger partial charge in [-0.1, -0.05) is 47.3 Å². The fourth-order valence-corrected chi connectivity index (χ4v) is 5.99. The number of nitrogens with zero attached hydrogens (tertiary/aromatic N) is 3. The minimum absolute atomic E-state index is 0. The molecule has 1 fully saturated rings. The van der Waals surface area contributed by atoms with Crippen molar-refractivity contribution in [2.24, 2.45) is 7.05 Å². The van der Waals surface area contributed by atoms with Gasteiger partial charge in [0.25, 0.3) is 0 Å². The van der Waals surface area contributed by atoms with E-state index in [1.807, 2.05) is 0 Å². The molecule has 0 spiro atoms. The highest BCUT2D eigenvalue weighted by Gasteiger charge is 2.34. The van der Waals surface area contributed by atoms with Gasteiger partial charge in [0.05, 0.1) is 34.4 Å². The third-order valence-corrected chi connectivity index (χ3v) is 11.6. The molecule has 2 heterocycles. The van der Waals surface area contributed by atoms with Crippen LogP contribution in [0, 0.1) is 0 Å². The van der Waals surface area contributed by atoms with Crippen LogP contribution in [0.15, 0.2) is 30.9 Å². The summed E-state index contributed by atoms with van der Waals surface area (Å²) in [6, 6.07) is 4.73. The summed E-state index contributed by atoms with van der Waals surface area (Å²) in [7, 11) is 4.56. The Labute approximate surface area is 224 Å². The molecule has 3 radical (unpaired) electrons. The normalized spacial score (nSPS) is 18.4. The maximum atomic E-state index is 6.88. The van der Waals surface area contributed by atoms with Gasteiger partial charge < -0.3 is 27.8 Å². The lowest BCUT2D eigenvalue weighted by atomic mass is 9.79. The zero-order valence-electron chi connectivity index (χ0n) is 23.1. The fraction of sp³-hybridized carbons (Fsp3) is 0.667. The summed E-state index contributed by atoms with van der Waals surface area (Å²) in [5.74, 6) is 0. The van der Waals surface area contributed by atoms with E-state index in [-0.39, 0.29) is 17.8 Å². The van der Waals surface area contributed by atoms with Gasteiger partial charge in [-0.15, -0.1) is 0 Å². The predicted octanol–water partition coefficient (Wildman–Crippen LogP) is 1.82. The summed E-state index contributed by atoms with van der Waals surface area (Å²) >= 11 is 0. The Bertz CT molecular complexity index is 971. The lowest BCUT2D eigenvalue weighted by Gasteiger charge is -2.36. The number of aryl methyl sites for hydroxylation is 2. The first-order chi connectivity index (χ1) is 15.8. The summed E-state index contributed by atoms with van der Waals surface area (Å²) in [6.07, 6.45) is 8.71. The molecule has 2 N–H and O–H groups in total. The summed E-state index contributed by atoms with van der Waals surface area (Å²) < 4.78 is 10.6. The standard InChI is InChI=1S/C27H46N4OSi2.ClH/c1-20(34(6,7)8)24-16-22(17-25(26(24)28)27(3,4)21(2)33)31-12-10-23(18-31)32-15-9-11-30-14-13-29(5)19-30;/h13-14,16-17,19-21,23H,9-12,15,18,28H2,1-8H3;1H/q+1;/p-1. The largest absolute Gasteiger partial charge is 1.00 e.